The summed E-state index contributed by atoms with van der Waals surface area (Å²) in [6, 6.07) is 16.7. The van der Waals surface area contributed by atoms with Gasteiger partial charge in [-0.15, -0.1) is 0 Å². The minimum absolute atomic E-state index is 0.0650. The topological polar surface area (TPSA) is 34.1 Å². The molecule has 2 aromatic carbocycles. The Morgan fingerprint density at radius 3 is 1.35 bits per heavy atom. The third-order valence-electron chi connectivity index (χ3n) is 4.79. The van der Waals surface area contributed by atoms with E-state index in [-0.39, 0.29) is 29.8 Å². The maximum atomic E-state index is 12.2. The number of aryl methyl sites for hydroxylation is 2. The van der Waals surface area contributed by atoms with Crippen LogP contribution in [0.3, 0.4) is 0 Å². The van der Waals surface area contributed by atoms with Crippen LogP contribution in [0.4, 0.5) is 0 Å². The van der Waals surface area contributed by atoms with Crippen molar-refractivity contribution in [3.05, 3.63) is 70.8 Å². The third kappa shape index (κ3) is 3.58. The summed E-state index contributed by atoms with van der Waals surface area (Å²) in [5, 5.41) is 0. The highest BCUT2D eigenvalue weighted by atomic mass is 16.1. The summed E-state index contributed by atoms with van der Waals surface area (Å²) in [5.41, 5.74) is 4.72. The van der Waals surface area contributed by atoms with Crippen molar-refractivity contribution in [2.24, 2.45) is 0 Å². The van der Waals surface area contributed by atoms with Crippen LogP contribution in [0.2, 0.25) is 0 Å². The fourth-order valence-electron chi connectivity index (χ4n) is 3.47. The molecule has 0 aliphatic heterocycles. The standard InChI is InChI=1S/C21H22O2/c1-14-3-7-16(8-4-14)20-12-18(22)11-19(23)13-21(20)17-9-5-15(2)6-10-17/h3-10,20-21H,11-13H2,1-2H3/t20-,21+. The molecule has 118 valence electrons. The number of ketones is 2. The van der Waals surface area contributed by atoms with Gasteiger partial charge in [0.1, 0.15) is 11.6 Å². The van der Waals surface area contributed by atoms with Gasteiger partial charge in [-0.2, -0.15) is 0 Å². The van der Waals surface area contributed by atoms with E-state index in [2.05, 4.69) is 62.4 Å². The zero-order valence-corrected chi connectivity index (χ0v) is 13.7. The van der Waals surface area contributed by atoms with Gasteiger partial charge in [0.05, 0.1) is 6.42 Å². The Kier molecular flexibility index (Phi) is 4.42. The van der Waals surface area contributed by atoms with Crippen molar-refractivity contribution in [2.45, 2.75) is 44.9 Å². The molecule has 2 aromatic rings. The van der Waals surface area contributed by atoms with E-state index >= 15 is 0 Å². The summed E-state index contributed by atoms with van der Waals surface area (Å²) in [5.74, 6) is 0.292. The smallest absolute Gasteiger partial charge is 0.140 e. The van der Waals surface area contributed by atoms with E-state index in [0.717, 1.165) is 11.1 Å². The Morgan fingerprint density at radius 2 is 1.00 bits per heavy atom. The van der Waals surface area contributed by atoms with Gasteiger partial charge >= 0.3 is 0 Å². The van der Waals surface area contributed by atoms with Crippen LogP contribution in [0.5, 0.6) is 0 Å². The first-order chi connectivity index (χ1) is 11.0. The monoisotopic (exact) mass is 306 g/mol. The average Bonchev–Trinajstić information content (AvgIpc) is 2.67. The van der Waals surface area contributed by atoms with Crippen molar-refractivity contribution in [3.8, 4) is 0 Å². The summed E-state index contributed by atoms with van der Waals surface area (Å²) in [6.45, 7) is 4.12. The van der Waals surface area contributed by atoms with Crippen molar-refractivity contribution in [3.63, 3.8) is 0 Å². The molecule has 0 spiro atoms. The van der Waals surface area contributed by atoms with Crippen LogP contribution in [0.25, 0.3) is 0 Å². The maximum Gasteiger partial charge on any atom is 0.140 e. The minimum atomic E-state index is 0.0650. The van der Waals surface area contributed by atoms with Crippen molar-refractivity contribution < 1.29 is 9.59 Å². The van der Waals surface area contributed by atoms with Gasteiger partial charge in [-0.25, -0.2) is 0 Å². The number of benzene rings is 2. The molecular formula is C21H22O2. The lowest BCUT2D eigenvalue weighted by atomic mass is 9.78. The molecule has 1 aliphatic carbocycles. The lowest BCUT2D eigenvalue weighted by Crippen LogP contribution is -2.13. The second-order valence-electron chi connectivity index (χ2n) is 6.70. The van der Waals surface area contributed by atoms with Gasteiger partial charge in [-0.1, -0.05) is 59.7 Å². The van der Waals surface area contributed by atoms with Crippen molar-refractivity contribution in [1.29, 1.82) is 0 Å². The number of Topliss-reactive ketones (excluding diaryl/α,β-unsaturated/α-hetero) is 2. The van der Waals surface area contributed by atoms with Gasteiger partial charge in [0.15, 0.2) is 0 Å². The largest absolute Gasteiger partial charge is 0.299 e. The minimum Gasteiger partial charge on any atom is -0.299 e. The van der Waals surface area contributed by atoms with Gasteiger partial charge in [-0.05, 0) is 36.8 Å². The predicted molar refractivity (Wildman–Crippen MR) is 91.7 cm³/mol. The molecule has 0 aromatic heterocycles. The lowest BCUT2D eigenvalue weighted by molar-refractivity contribution is -0.126. The second-order valence-corrected chi connectivity index (χ2v) is 6.70. The summed E-state index contributed by atoms with van der Waals surface area (Å²) in [6.07, 6.45) is 0.991. The molecule has 2 atom stereocenters. The molecule has 0 heterocycles. The van der Waals surface area contributed by atoms with E-state index in [1.807, 2.05) is 0 Å². The Balaban J connectivity index is 2.02. The van der Waals surface area contributed by atoms with E-state index in [1.165, 1.54) is 11.1 Å². The molecule has 2 heteroatoms. The molecule has 0 bridgehead atoms. The van der Waals surface area contributed by atoms with E-state index in [9.17, 15) is 9.59 Å². The van der Waals surface area contributed by atoms with Crippen molar-refractivity contribution in [1.82, 2.24) is 0 Å². The fourth-order valence-corrected chi connectivity index (χ4v) is 3.47. The molecule has 0 amide bonds. The fraction of sp³-hybridized carbons (Fsp3) is 0.333. The number of carbonyl (C=O) groups excluding carboxylic acids is 2. The maximum absolute atomic E-state index is 12.2. The summed E-state index contributed by atoms with van der Waals surface area (Å²) in [4.78, 5) is 24.3. The van der Waals surface area contributed by atoms with Crippen LogP contribution in [-0.4, -0.2) is 11.6 Å². The van der Waals surface area contributed by atoms with E-state index in [4.69, 9.17) is 0 Å². The second kappa shape index (κ2) is 6.49. The molecule has 3 rings (SSSR count). The first kappa shape index (κ1) is 15.7. The van der Waals surface area contributed by atoms with Gasteiger partial charge in [0, 0.05) is 12.8 Å². The van der Waals surface area contributed by atoms with E-state index < -0.39 is 0 Å². The number of hydrogen-bond acceptors (Lipinski definition) is 2. The average molecular weight is 306 g/mol. The Bertz CT molecular complexity index is 647. The third-order valence-corrected chi connectivity index (χ3v) is 4.79. The van der Waals surface area contributed by atoms with Crippen molar-refractivity contribution in [2.75, 3.05) is 0 Å². The number of rotatable bonds is 2. The van der Waals surface area contributed by atoms with Crippen LogP contribution in [-0.2, 0) is 9.59 Å². The molecule has 23 heavy (non-hydrogen) atoms. The molecule has 0 N–H and O–H groups in total. The molecule has 0 saturated heterocycles. The van der Waals surface area contributed by atoms with Gasteiger partial charge < -0.3 is 0 Å². The van der Waals surface area contributed by atoms with Crippen molar-refractivity contribution >= 4 is 11.6 Å². The molecule has 0 radical (unpaired) electrons. The zero-order chi connectivity index (χ0) is 16.4. The van der Waals surface area contributed by atoms with Crippen LogP contribution in [0, 0.1) is 13.8 Å². The van der Waals surface area contributed by atoms with Gasteiger partial charge in [0.25, 0.3) is 0 Å². The normalized spacial score (nSPS) is 22.0. The van der Waals surface area contributed by atoms with Crippen LogP contribution in [0.1, 0.15) is 53.4 Å². The highest BCUT2D eigenvalue weighted by molar-refractivity contribution is 6.00. The number of carbonyl (C=O) groups is 2. The van der Waals surface area contributed by atoms with Crippen LogP contribution >= 0.6 is 0 Å². The first-order valence-corrected chi connectivity index (χ1v) is 8.19. The molecule has 1 fully saturated rings. The Morgan fingerprint density at radius 1 is 0.652 bits per heavy atom. The number of hydrogen-bond donors (Lipinski definition) is 0. The van der Waals surface area contributed by atoms with E-state index in [1.54, 1.807) is 0 Å². The molecule has 2 nitrogen and oxygen atoms in total. The molecule has 1 saturated carbocycles. The Hall–Kier alpha value is -2.22. The first-order valence-electron chi connectivity index (χ1n) is 8.19. The summed E-state index contributed by atoms with van der Waals surface area (Å²) in [7, 11) is 0. The summed E-state index contributed by atoms with van der Waals surface area (Å²) < 4.78 is 0. The van der Waals surface area contributed by atoms with Gasteiger partial charge in [0.2, 0.25) is 0 Å². The van der Waals surface area contributed by atoms with E-state index in [0.29, 0.717) is 12.8 Å². The van der Waals surface area contributed by atoms with Gasteiger partial charge in [-0.3, -0.25) is 9.59 Å². The quantitative estimate of drug-likeness (QED) is 0.605. The SMILES string of the molecule is Cc1ccc([C@H]2CC(=O)CC(=O)C[C@H]2c2ccc(C)cc2)cc1. The highest BCUT2D eigenvalue weighted by Crippen LogP contribution is 2.41. The lowest BCUT2D eigenvalue weighted by Gasteiger charge is -2.25. The zero-order valence-electron chi connectivity index (χ0n) is 13.7. The highest BCUT2D eigenvalue weighted by Gasteiger charge is 2.32. The Labute approximate surface area is 137 Å². The molecule has 0 unspecified atom stereocenters. The van der Waals surface area contributed by atoms with Crippen LogP contribution < -0.4 is 0 Å². The van der Waals surface area contributed by atoms with Crippen LogP contribution in [0.15, 0.2) is 48.5 Å². The predicted octanol–water partition coefficient (Wildman–Crippen LogP) is 4.49. The molecule has 1 aliphatic rings. The molecular weight excluding hydrogens is 284 g/mol. The summed E-state index contributed by atoms with van der Waals surface area (Å²) >= 11 is 0.